The number of methoxy groups -OCH3 is 1. The van der Waals surface area contributed by atoms with Gasteiger partial charge in [-0.25, -0.2) is 0 Å². The first-order valence-electron chi connectivity index (χ1n) is 5.53. The standard InChI is InChI=1S/C11H21N3O2/c1-9(2)14(5-6-15-4)11-13-10(7-12-3)8-16-11/h8-9,12H,5-7H2,1-4H3. The molecule has 0 atom stereocenters. The molecule has 1 aromatic heterocycles. The van der Waals surface area contributed by atoms with Crippen LogP contribution in [0.1, 0.15) is 19.5 Å². The highest BCUT2D eigenvalue weighted by molar-refractivity contribution is 5.28. The average Bonchev–Trinajstić information content (AvgIpc) is 2.67. The summed E-state index contributed by atoms with van der Waals surface area (Å²) in [6, 6.07) is 1.01. The van der Waals surface area contributed by atoms with Crippen molar-refractivity contribution < 1.29 is 9.15 Å². The lowest BCUT2D eigenvalue weighted by molar-refractivity contribution is 0.202. The summed E-state index contributed by atoms with van der Waals surface area (Å²) in [7, 11) is 3.58. The minimum atomic E-state index is 0.344. The van der Waals surface area contributed by atoms with Crippen molar-refractivity contribution in [3.8, 4) is 0 Å². The molecule has 0 saturated carbocycles. The molecule has 0 saturated heterocycles. The highest BCUT2D eigenvalue weighted by Gasteiger charge is 2.15. The Morgan fingerprint density at radius 3 is 2.88 bits per heavy atom. The molecule has 92 valence electrons. The molecule has 0 unspecified atom stereocenters. The Kier molecular flexibility index (Phi) is 5.28. The Hall–Kier alpha value is -1.07. The number of aromatic nitrogens is 1. The maximum Gasteiger partial charge on any atom is 0.297 e. The third-order valence-corrected chi connectivity index (χ3v) is 2.30. The highest BCUT2D eigenvalue weighted by Crippen LogP contribution is 2.16. The quantitative estimate of drug-likeness (QED) is 0.760. The highest BCUT2D eigenvalue weighted by atomic mass is 16.5. The van der Waals surface area contributed by atoms with Crippen LogP contribution in [0.2, 0.25) is 0 Å². The number of hydrogen-bond acceptors (Lipinski definition) is 5. The summed E-state index contributed by atoms with van der Waals surface area (Å²) in [6.45, 7) is 6.39. The SMILES string of the molecule is CNCc1coc(N(CCOC)C(C)C)n1. The van der Waals surface area contributed by atoms with Gasteiger partial charge < -0.3 is 19.4 Å². The van der Waals surface area contributed by atoms with Gasteiger partial charge in [0.1, 0.15) is 6.26 Å². The lowest BCUT2D eigenvalue weighted by atomic mass is 10.3. The van der Waals surface area contributed by atoms with E-state index in [1.54, 1.807) is 13.4 Å². The van der Waals surface area contributed by atoms with Crippen LogP contribution in [0, 0.1) is 0 Å². The van der Waals surface area contributed by atoms with Crippen molar-refractivity contribution in [3.63, 3.8) is 0 Å². The fourth-order valence-corrected chi connectivity index (χ4v) is 1.45. The van der Waals surface area contributed by atoms with Crippen LogP contribution in [0.5, 0.6) is 0 Å². The molecule has 1 N–H and O–H groups in total. The number of anilines is 1. The second-order valence-corrected chi connectivity index (χ2v) is 3.93. The minimum Gasteiger partial charge on any atom is -0.432 e. The minimum absolute atomic E-state index is 0.344. The fraction of sp³-hybridized carbons (Fsp3) is 0.727. The van der Waals surface area contributed by atoms with E-state index >= 15 is 0 Å². The van der Waals surface area contributed by atoms with Crippen molar-refractivity contribution in [1.29, 1.82) is 0 Å². The third-order valence-electron chi connectivity index (χ3n) is 2.30. The summed E-state index contributed by atoms with van der Waals surface area (Å²) in [4.78, 5) is 6.50. The fourth-order valence-electron chi connectivity index (χ4n) is 1.45. The Bertz CT molecular complexity index is 299. The summed E-state index contributed by atoms with van der Waals surface area (Å²) >= 11 is 0. The van der Waals surface area contributed by atoms with Crippen LogP contribution in [0.3, 0.4) is 0 Å². The van der Waals surface area contributed by atoms with Crippen LogP contribution in [-0.4, -0.2) is 38.3 Å². The van der Waals surface area contributed by atoms with Crippen LogP contribution in [-0.2, 0) is 11.3 Å². The Balaban J connectivity index is 2.68. The molecule has 1 aromatic rings. The van der Waals surface area contributed by atoms with E-state index in [9.17, 15) is 0 Å². The molecule has 0 bridgehead atoms. The lowest BCUT2D eigenvalue weighted by Crippen LogP contribution is -2.34. The number of oxazole rings is 1. The lowest BCUT2D eigenvalue weighted by Gasteiger charge is -2.24. The van der Waals surface area contributed by atoms with Gasteiger partial charge in [-0.05, 0) is 20.9 Å². The molecule has 0 fully saturated rings. The van der Waals surface area contributed by atoms with E-state index < -0.39 is 0 Å². The summed E-state index contributed by atoms with van der Waals surface area (Å²) in [5, 5.41) is 3.04. The van der Waals surface area contributed by atoms with Crippen molar-refractivity contribution in [3.05, 3.63) is 12.0 Å². The molecule has 0 aliphatic rings. The molecular formula is C11H21N3O2. The molecule has 0 amide bonds. The van der Waals surface area contributed by atoms with Gasteiger partial charge in [-0.1, -0.05) is 0 Å². The number of ether oxygens (including phenoxy) is 1. The van der Waals surface area contributed by atoms with Crippen LogP contribution >= 0.6 is 0 Å². The van der Waals surface area contributed by atoms with Gasteiger partial charge in [0.05, 0.1) is 12.3 Å². The normalized spacial score (nSPS) is 11.1. The molecule has 0 aliphatic heterocycles. The summed E-state index contributed by atoms with van der Waals surface area (Å²) in [5.41, 5.74) is 0.917. The molecule has 1 heterocycles. The number of nitrogens with one attached hydrogen (secondary N) is 1. The molecule has 5 heteroatoms. The second kappa shape index (κ2) is 6.50. The van der Waals surface area contributed by atoms with Crippen LogP contribution in [0.25, 0.3) is 0 Å². The van der Waals surface area contributed by atoms with E-state index in [0.717, 1.165) is 18.8 Å². The van der Waals surface area contributed by atoms with Gasteiger partial charge in [-0.2, -0.15) is 4.98 Å². The van der Waals surface area contributed by atoms with Crippen LogP contribution in [0.4, 0.5) is 6.01 Å². The molecule has 5 nitrogen and oxygen atoms in total. The molecule has 1 rings (SSSR count). The first-order chi connectivity index (χ1) is 7.69. The predicted molar refractivity (Wildman–Crippen MR) is 63.6 cm³/mol. The summed E-state index contributed by atoms with van der Waals surface area (Å²) in [5.74, 6) is 0. The van der Waals surface area contributed by atoms with E-state index in [0.29, 0.717) is 18.7 Å². The van der Waals surface area contributed by atoms with Crippen molar-refractivity contribution in [2.75, 3.05) is 32.2 Å². The summed E-state index contributed by atoms with van der Waals surface area (Å²) in [6.07, 6.45) is 1.69. The van der Waals surface area contributed by atoms with E-state index in [4.69, 9.17) is 9.15 Å². The topological polar surface area (TPSA) is 50.5 Å². The molecule has 0 radical (unpaired) electrons. The largest absolute Gasteiger partial charge is 0.432 e. The van der Waals surface area contributed by atoms with Crippen molar-refractivity contribution in [2.45, 2.75) is 26.4 Å². The van der Waals surface area contributed by atoms with Gasteiger partial charge in [-0.15, -0.1) is 0 Å². The first kappa shape index (κ1) is 13.0. The number of nitrogens with zero attached hydrogens (tertiary/aromatic N) is 2. The van der Waals surface area contributed by atoms with Crippen LogP contribution in [0.15, 0.2) is 10.7 Å². The molecule has 0 aliphatic carbocycles. The maximum atomic E-state index is 5.46. The molecular weight excluding hydrogens is 206 g/mol. The third kappa shape index (κ3) is 3.50. The second-order valence-electron chi connectivity index (χ2n) is 3.93. The van der Waals surface area contributed by atoms with Crippen LogP contribution < -0.4 is 10.2 Å². The predicted octanol–water partition coefficient (Wildman–Crippen LogP) is 1.26. The Labute approximate surface area is 96.8 Å². The summed E-state index contributed by atoms with van der Waals surface area (Å²) < 4.78 is 10.5. The van der Waals surface area contributed by atoms with E-state index in [1.807, 2.05) is 7.05 Å². The average molecular weight is 227 g/mol. The number of hydrogen-bond donors (Lipinski definition) is 1. The van der Waals surface area contributed by atoms with Gasteiger partial charge >= 0.3 is 0 Å². The molecule has 0 aromatic carbocycles. The zero-order chi connectivity index (χ0) is 12.0. The van der Waals surface area contributed by atoms with E-state index in [1.165, 1.54) is 0 Å². The van der Waals surface area contributed by atoms with Gasteiger partial charge in [-0.3, -0.25) is 0 Å². The monoisotopic (exact) mass is 227 g/mol. The van der Waals surface area contributed by atoms with E-state index in [-0.39, 0.29) is 0 Å². The van der Waals surface area contributed by atoms with E-state index in [2.05, 4.69) is 29.0 Å². The zero-order valence-corrected chi connectivity index (χ0v) is 10.5. The van der Waals surface area contributed by atoms with Gasteiger partial charge in [0.2, 0.25) is 0 Å². The van der Waals surface area contributed by atoms with Crippen molar-refractivity contribution in [2.24, 2.45) is 0 Å². The molecule has 0 spiro atoms. The smallest absolute Gasteiger partial charge is 0.297 e. The Morgan fingerprint density at radius 2 is 2.31 bits per heavy atom. The van der Waals surface area contributed by atoms with Crippen molar-refractivity contribution >= 4 is 6.01 Å². The van der Waals surface area contributed by atoms with Gasteiger partial charge in [0, 0.05) is 26.2 Å². The molecule has 16 heavy (non-hydrogen) atoms. The maximum absolute atomic E-state index is 5.46. The number of rotatable bonds is 7. The zero-order valence-electron chi connectivity index (χ0n) is 10.5. The van der Waals surface area contributed by atoms with Gasteiger partial charge in [0.15, 0.2) is 0 Å². The van der Waals surface area contributed by atoms with Crippen molar-refractivity contribution in [1.82, 2.24) is 10.3 Å². The van der Waals surface area contributed by atoms with Gasteiger partial charge in [0.25, 0.3) is 6.01 Å². The first-order valence-corrected chi connectivity index (χ1v) is 5.53. The Morgan fingerprint density at radius 1 is 1.56 bits per heavy atom.